The molecule has 0 radical (unpaired) electrons. The third-order valence-corrected chi connectivity index (χ3v) is 4.96. The molecular formula is C21H23N5O2. The Bertz CT molecular complexity index is 1020. The number of urea groups is 1. The maximum Gasteiger partial charge on any atom is 0.315 e. The second-order valence-electron chi connectivity index (χ2n) is 6.99. The lowest BCUT2D eigenvalue weighted by molar-refractivity contribution is 0.240. The fourth-order valence-corrected chi connectivity index (χ4v) is 3.39. The van der Waals surface area contributed by atoms with Gasteiger partial charge < -0.3 is 16.0 Å². The molecule has 1 fully saturated rings. The number of H-pyrrole nitrogens is 1. The lowest BCUT2D eigenvalue weighted by Crippen LogP contribution is -2.38. The minimum Gasteiger partial charge on any atom is -0.368 e. The van der Waals surface area contributed by atoms with Crippen LogP contribution >= 0.6 is 0 Å². The van der Waals surface area contributed by atoms with Crippen molar-refractivity contribution in [2.24, 2.45) is 0 Å². The van der Waals surface area contributed by atoms with E-state index < -0.39 is 0 Å². The Morgan fingerprint density at radius 1 is 1.04 bits per heavy atom. The number of nitrogens with zero attached hydrogens (tertiary/aromatic N) is 1. The SMILES string of the molecule is O=C(NCCCNc1n[nH]c(=O)c2ccccc12)NC1CC1c1ccccc1. The van der Waals surface area contributed by atoms with Gasteiger partial charge in [-0.2, -0.15) is 5.10 Å². The van der Waals surface area contributed by atoms with E-state index in [-0.39, 0.29) is 17.6 Å². The maximum absolute atomic E-state index is 12.0. The molecule has 3 aromatic rings. The molecule has 2 unspecified atom stereocenters. The fraction of sp³-hybridized carbons (Fsp3) is 0.286. The molecule has 1 saturated carbocycles. The lowest BCUT2D eigenvalue weighted by Gasteiger charge is -2.09. The number of anilines is 1. The van der Waals surface area contributed by atoms with Crippen molar-refractivity contribution in [2.45, 2.75) is 24.8 Å². The molecule has 4 N–H and O–H groups in total. The van der Waals surface area contributed by atoms with Crippen LogP contribution < -0.4 is 21.5 Å². The summed E-state index contributed by atoms with van der Waals surface area (Å²) in [7, 11) is 0. The molecule has 0 bridgehead atoms. The second kappa shape index (κ2) is 8.12. The number of hydrogen-bond donors (Lipinski definition) is 4. The van der Waals surface area contributed by atoms with Crippen molar-refractivity contribution in [1.29, 1.82) is 0 Å². The largest absolute Gasteiger partial charge is 0.368 e. The van der Waals surface area contributed by atoms with Gasteiger partial charge in [-0.15, -0.1) is 0 Å². The van der Waals surface area contributed by atoms with Crippen molar-refractivity contribution in [3.8, 4) is 0 Å². The van der Waals surface area contributed by atoms with Crippen molar-refractivity contribution < 1.29 is 4.79 Å². The molecule has 28 heavy (non-hydrogen) atoms. The summed E-state index contributed by atoms with van der Waals surface area (Å²) in [6.07, 6.45) is 1.74. The first-order chi connectivity index (χ1) is 13.7. The van der Waals surface area contributed by atoms with Gasteiger partial charge in [0.05, 0.1) is 5.39 Å². The van der Waals surface area contributed by atoms with Crippen LogP contribution in [-0.4, -0.2) is 35.4 Å². The Hall–Kier alpha value is -3.35. The van der Waals surface area contributed by atoms with Crippen LogP contribution in [0.2, 0.25) is 0 Å². The fourth-order valence-electron chi connectivity index (χ4n) is 3.39. The molecule has 1 heterocycles. The van der Waals surface area contributed by atoms with Gasteiger partial charge in [-0.25, -0.2) is 9.89 Å². The summed E-state index contributed by atoms with van der Waals surface area (Å²) in [6.45, 7) is 1.20. The van der Waals surface area contributed by atoms with Gasteiger partial charge in [0, 0.05) is 30.4 Å². The van der Waals surface area contributed by atoms with E-state index in [2.05, 4.69) is 38.3 Å². The Kier molecular flexibility index (Phi) is 5.23. The van der Waals surface area contributed by atoms with Crippen LogP contribution in [0.4, 0.5) is 10.6 Å². The molecule has 0 spiro atoms. The molecule has 2 atom stereocenters. The number of amides is 2. The minimum absolute atomic E-state index is 0.129. The summed E-state index contributed by atoms with van der Waals surface area (Å²) in [5.41, 5.74) is 1.07. The van der Waals surface area contributed by atoms with Gasteiger partial charge in [-0.1, -0.05) is 48.5 Å². The number of rotatable bonds is 7. The van der Waals surface area contributed by atoms with Crippen LogP contribution in [-0.2, 0) is 0 Å². The quantitative estimate of drug-likeness (QED) is 0.476. The summed E-state index contributed by atoms with van der Waals surface area (Å²) in [4.78, 5) is 23.8. The number of carbonyl (C=O) groups is 1. The van der Waals surface area contributed by atoms with Crippen LogP contribution in [0.25, 0.3) is 10.8 Å². The van der Waals surface area contributed by atoms with Gasteiger partial charge in [0.1, 0.15) is 0 Å². The van der Waals surface area contributed by atoms with E-state index in [0.29, 0.717) is 30.2 Å². The third-order valence-electron chi connectivity index (χ3n) is 4.96. The normalized spacial score (nSPS) is 17.9. The van der Waals surface area contributed by atoms with Crippen LogP contribution in [0.5, 0.6) is 0 Å². The summed E-state index contributed by atoms with van der Waals surface area (Å²) in [6, 6.07) is 17.7. The predicted molar refractivity (Wildman–Crippen MR) is 110 cm³/mol. The van der Waals surface area contributed by atoms with E-state index in [1.54, 1.807) is 6.07 Å². The van der Waals surface area contributed by atoms with Crippen molar-refractivity contribution in [1.82, 2.24) is 20.8 Å². The van der Waals surface area contributed by atoms with Gasteiger partial charge in [-0.05, 0) is 24.5 Å². The van der Waals surface area contributed by atoms with Gasteiger partial charge in [-0.3, -0.25) is 4.79 Å². The van der Waals surface area contributed by atoms with Gasteiger partial charge in [0.15, 0.2) is 5.82 Å². The van der Waals surface area contributed by atoms with Gasteiger partial charge in [0.25, 0.3) is 5.56 Å². The Morgan fingerprint density at radius 2 is 1.79 bits per heavy atom. The van der Waals surface area contributed by atoms with Gasteiger partial charge >= 0.3 is 6.03 Å². The number of benzene rings is 2. The molecule has 7 heteroatoms. The van der Waals surface area contributed by atoms with Crippen molar-refractivity contribution >= 4 is 22.6 Å². The Morgan fingerprint density at radius 3 is 2.61 bits per heavy atom. The summed E-state index contributed by atoms with van der Waals surface area (Å²) < 4.78 is 0. The number of aromatic nitrogens is 2. The molecule has 144 valence electrons. The molecular weight excluding hydrogens is 354 g/mol. The zero-order valence-electron chi connectivity index (χ0n) is 15.4. The van der Waals surface area contributed by atoms with Crippen molar-refractivity contribution in [3.63, 3.8) is 0 Å². The van der Waals surface area contributed by atoms with Gasteiger partial charge in [0.2, 0.25) is 0 Å². The lowest BCUT2D eigenvalue weighted by atomic mass is 10.1. The highest BCUT2D eigenvalue weighted by Crippen LogP contribution is 2.40. The average molecular weight is 377 g/mol. The van der Waals surface area contributed by atoms with E-state index in [0.717, 1.165) is 18.2 Å². The van der Waals surface area contributed by atoms with Crippen LogP contribution in [0.3, 0.4) is 0 Å². The number of aromatic amines is 1. The maximum atomic E-state index is 12.0. The third kappa shape index (κ3) is 4.14. The highest BCUT2D eigenvalue weighted by Gasteiger charge is 2.39. The van der Waals surface area contributed by atoms with Crippen molar-refractivity contribution in [3.05, 3.63) is 70.5 Å². The van der Waals surface area contributed by atoms with Crippen molar-refractivity contribution in [2.75, 3.05) is 18.4 Å². The zero-order chi connectivity index (χ0) is 19.3. The van der Waals surface area contributed by atoms with E-state index >= 15 is 0 Å². The first-order valence-corrected chi connectivity index (χ1v) is 9.53. The standard InChI is InChI=1S/C21H23N5O2/c27-20-16-10-5-4-9-15(16)19(25-26-20)22-11-6-12-23-21(28)24-18-13-17(18)14-7-2-1-3-8-14/h1-5,7-10,17-18H,6,11-13H2,(H,22,25)(H,26,27)(H2,23,24,28). The van der Waals surface area contributed by atoms with E-state index in [4.69, 9.17) is 0 Å². The number of hydrogen-bond acceptors (Lipinski definition) is 4. The summed E-state index contributed by atoms with van der Waals surface area (Å²) in [5, 5.41) is 17.1. The molecule has 7 nitrogen and oxygen atoms in total. The molecule has 1 aliphatic rings. The molecule has 1 aliphatic carbocycles. The van der Waals surface area contributed by atoms with Crippen LogP contribution in [0.1, 0.15) is 24.3 Å². The first kappa shape index (κ1) is 18.0. The highest BCUT2D eigenvalue weighted by atomic mass is 16.2. The number of nitrogens with one attached hydrogen (secondary N) is 4. The Labute approximate surface area is 162 Å². The zero-order valence-corrected chi connectivity index (χ0v) is 15.4. The smallest absolute Gasteiger partial charge is 0.315 e. The molecule has 2 aromatic carbocycles. The number of carbonyl (C=O) groups excluding carboxylic acids is 1. The van der Waals surface area contributed by atoms with Crippen LogP contribution in [0, 0.1) is 0 Å². The highest BCUT2D eigenvalue weighted by molar-refractivity contribution is 5.90. The van der Waals surface area contributed by atoms with E-state index in [1.165, 1.54) is 5.56 Å². The molecule has 0 aliphatic heterocycles. The second-order valence-corrected chi connectivity index (χ2v) is 6.99. The average Bonchev–Trinajstić information content (AvgIpc) is 3.49. The summed E-state index contributed by atoms with van der Waals surface area (Å²) in [5.74, 6) is 1.07. The minimum atomic E-state index is -0.201. The monoisotopic (exact) mass is 377 g/mol. The van der Waals surface area contributed by atoms with E-state index in [1.807, 2.05) is 36.4 Å². The number of fused-ring (bicyclic) bond motifs is 1. The topological polar surface area (TPSA) is 98.9 Å². The first-order valence-electron chi connectivity index (χ1n) is 9.53. The van der Waals surface area contributed by atoms with E-state index in [9.17, 15) is 9.59 Å². The molecule has 0 saturated heterocycles. The molecule has 1 aromatic heterocycles. The summed E-state index contributed by atoms with van der Waals surface area (Å²) >= 11 is 0. The molecule has 4 rings (SSSR count). The predicted octanol–water partition coefficient (Wildman–Crippen LogP) is 2.58. The molecule has 2 amide bonds. The van der Waals surface area contributed by atoms with Crippen LogP contribution in [0.15, 0.2) is 59.4 Å². The Balaban J connectivity index is 1.18.